The molecule has 0 aliphatic carbocycles. The molecule has 0 aliphatic rings. The Labute approximate surface area is 153 Å². The van der Waals surface area contributed by atoms with Crippen LogP contribution in [-0.2, 0) is 11.2 Å². The van der Waals surface area contributed by atoms with E-state index in [1.54, 1.807) is 13.3 Å². The van der Waals surface area contributed by atoms with Crippen LogP contribution in [0.5, 0.6) is 5.75 Å². The van der Waals surface area contributed by atoms with Gasteiger partial charge in [0.25, 0.3) is 0 Å². The normalized spacial score (nSPS) is 11.8. The second-order valence-electron chi connectivity index (χ2n) is 6.05. The van der Waals surface area contributed by atoms with E-state index < -0.39 is 0 Å². The first-order valence-corrected chi connectivity index (χ1v) is 8.59. The number of carbonyl (C=O) groups is 1. The molecule has 0 radical (unpaired) electrons. The van der Waals surface area contributed by atoms with E-state index in [4.69, 9.17) is 9.15 Å². The lowest BCUT2D eigenvalue weighted by Crippen LogP contribution is -2.26. The molecule has 0 spiro atoms. The maximum Gasteiger partial charge on any atom is 0.220 e. The van der Waals surface area contributed by atoms with Gasteiger partial charge in [-0.25, -0.2) is 4.98 Å². The number of hydrogen-bond acceptors (Lipinski definition) is 4. The summed E-state index contributed by atoms with van der Waals surface area (Å²) in [5.41, 5.74) is 2.01. The van der Waals surface area contributed by atoms with Crippen LogP contribution in [0.15, 0.2) is 65.2 Å². The van der Waals surface area contributed by atoms with Crippen molar-refractivity contribution in [1.29, 1.82) is 0 Å². The van der Waals surface area contributed by atoms with E-state index >= 15 is 0 Å². The number of benzene rings is 2. The highest BCUT2D eigenvalue weighted by Gasteiger charge is 2.12. The lowest BCUT2D eigenvalue weighted by atomic mass is 10.1. The Hall–Kier alpha value is -3.08. The zero-order valence-corrected chi connectivity index (χ0v) is 14.9. The number of aromatic nitrogens is 1. The summed E-state index contributed by atoms with van der Waals surface area (Å²) in [6, 6.07) is 17.4. The highest BCUT2D eigenvalue weighted by molar-refractivity contribution is 5.76. The van der Waals surface area contributed by atoms with Crippen molar-refractivity contribution in [3.63, 3.8) is 0 Å². The average molecular weight is 350 g/mol. The minimum absolute atomic E-state index is 0.0226. The third-order valence-corrected chi connectivity index (χ3v) is 4.17. The third kappa shape index (κ3) is 4.51. The van der Waals surface area contributed by atoms with Crippen LogP contribution in [0.4, 0.5) is 0 Å². The maximum atomic E-state index is 12.2. The van der Waals surface area contributed by atoms with E-state index in [1.165, 1.54) is 0 Å². The Morgan fingerprint density at radius 1 is 1.15 bits per heavy atom. The second-order valence-corrected chi connectivity index (χ2v) is 6.05. The number of rotatable bonds is 7. The smallest absolute Gasteiger partial charge is 0.220 e. The molecule has 5 nitrogen and oxygen atoms in total. The van der Waals surface area contributed by atoms with E-state index in [0.717, 1.165) is 16.9 Å². The summed E-state index contributed by atoms with van der Waals surface area (Å²) in [5.74, 6) is 2.00. The zero-order chi connectivity index (χ0) is 18.4. The van der Waals surface area contributed by atoms with Gasteiger partial charge in [0.1, 0.15) is 5.75 Å². The summed E-state index contributed by atoms with van der Waals surface area (Å²) in [7, 11) is 1.63. The number of aryl methyl sites for hydroxylation is 1. The molecule has 1 aromatic heterocycles. The quantitative estimate of drug-likeness (QED) is 0.695. The van der Waals surface area contributed by atoms with Crippen LogP contribution in [0.3, 0.4) is 0 Å². The lowest BCUT2D eigenvalue weighted by molar-refractivity contribution is -0.121. The van der Waals surface area contributed by atoms with Crippen molar-refractivity contribution < 1.29 is 13.9 Å². The Bertz CT molecular complexity index is 841. The molecule has 1 amide bonds. The van der Waals surface area contributed by atoms with Crippen LogP contribution in [0.1, 0.15) is 30.8 Å². The van der Waals surface area contributed by atoms with Crippen molar-refractivity contribution in [2.24, 2.45) is 0 Å². The van der Waals surface area contributed by atoms with Crippen molar-refractivity contribution >= 4 is 5.91 Å². The number of amides is 1. The number of oxazole rings is 1. The highest BCUT2D eigenvalue weighted by Crippen LogP contribution is 2.23. The number of ether oxygens (including phenoxy) is 1. The van der Waals surface area contributed by atoms with Crippen LogP contribution in [-0.4, -0.2) is 18.0 Å². The molecule has 0 bridgehead atoms. The van der Waals surface area contributed by atoms with Crippen molar-refractivity contribution in [2.45, 2.75) is 25.8 Å². The second kappa shape index (κ2) is 8.34. The van der Waals surface area contributed by atoms with E-state index in [1.807, 2.05) is 61.5 Å². The fourth-order valence-electron chi connectivity index (χ4n) is 2.67. The topological polar surface area (TPSA) is 64.4 Å². The molecule has 134 valence electrons. The average Bonchev–Trinajstić information content (AvgIpc) is 3.16. The predicted octanol–water partition coefficient (Wildman–Crippen LogP) is 4.16. The maximum absolute atomic E-state index is 12.2. The molecular weight excluding hydrogens is 328 g/mol. The number of hydrogen-bond donors (Lipinski definition) is 1. The first-order chi connectivity index (χ1) is 12.7. The highest BCUT2D eigenvalue weighted by atomic mass is 16.5. The SMILES string of the molecule is COc1ccc(-c2cnc(CCC(=O)NC(C)c3ccccc3)o2)cc1. The molecule has 0 aliphatic heterocycles. The van der Waals surface area contributed by atoms with Gasteiger partial charge in [-0.2, -0.15) is 0 Å². The fraction of sp³-hybridized carbons (Fsp3) is 0.238. The van der Waals surface area contributed by atoms with Gasteiger partial charge in [-0.3, -0.25) is 4.79 Å². The predicted molar refractivity (Wildman–Crippen MR) is 99.8 cm³/mol. The van der Waals surface area contributed by atoms with Gasteiger partial charge in [0.2, 0.25) is 5.91 Å². The molecular formula is C21H22N2O3. The molecule has 1 heterocycles. The summed E-state index contributed by atoms with van der Waals surface area (Å²) in [4.78, 5) is 16.4. The molecule has 0 saturated heterocycles. The Kier molecular flexibility index (Phi) is 5.69. The van der Waals surface area contributed by atoms with E-state index in [0.29, 0.717) is 24.5 Å². The van der Waals surface area contributed by atoms with Gasteiger partial charge >= 0.3 is 0 Å². The third-order valence-electron chi connectivity index (χ3n) is 4.17. The Balaban J connectivity index is 1.53. The molecule has 0 fully saturated rings. The van der Waals surface area contributed by atoms with Gasteiger partial charge in [-0.05, 0) is 36.8 Å². The summed E-state index contributed by atoms with van der Waals surface area (Å²) in [5, 5.41) is 3.00. The van der Waals surface area contributed by atoms with Crippen LogP contribution in [0.25, 0.3) is 11.3 Å². The van der Waals surface area contributed by atoms with Gasteiger partial charge in [0.05, 0.1) is 19.3 Å². The Morgan fingerprint density at radius 3 is 2.58 bits per heavy atom. The summed E-state index contributed by atoms with van der Waals surface area (Å²) in [6.45, 7) is 1.97. The molecule has 3 rings (SSSR count). The largest absolute Gasteiger partial charge is 0.497 e. The monoisotopic (exact) mass is 350 g/mol. The van der Waals surface area contributed by atoms with Gasteiger partial charge in [0, 0.05) is 18.4 Å². The molecule has 5 heteroatoms. The van der Waals surface area contributed by atoms with Crippen molar-refractivity contribution in [3.8, 4) is 17.1 Å². The minimum atomic E-state index is -0.0249. The number of methoxy groups -OCH3 is 1. The van der Waals surface area contributed by atoms with E-state index in [-0.39, 0.29) is 11.9 Å². The standard InChI is InChI=1S/C21H22N2O3/c1-15(16-6-4-3-5-7-16)23-20(24)12-13-21-22-14-19(26-21)17-8-10-18(25-2)11-9-17/h3-11,14-15H,12-13H2,1-2H3,(H,23,24). The molecule has 1 N–H and O–H groups in total. The first kappa shape index (κ1) is 17.7. The van der Waals surface area contributed by atoms with Crippen LogP contribution in [0, 0.1) is 0 Å². The van der Waals surface area contributed by atoms with Gasteiger partial charge in [0.15, 0.2) is 11.7 Å². The molecule has 2 aromatic carbocycles. The van der Waals surface area contributed by atoms with E-state index in [9.17, 15) is 4.79 Å². The van der Waals surface area contributed by atoms with Crippen molar-refractivity contribution in [2.75, 3.05) is 7.11 Å². The first-order valence-electron chi connectivity index (χ1n) is 8.59. The van der Waals surface area contributed by atoms with E-state index in [2.05, 4.69) is 10.3 Å². The molecule has 26 heavy (non-hydrogen) atoms. The Morgan fingerprint density at radius 2 is 1.88 bits per heavy atom. The number of carbonyl (C=O) groups excluding carboxylic acids is 1. The van der Waals surface area contributed by atoms with Gasteiger partial charge in [-0.1, -0.05) is 30.3 Å². The summed E-state index contributed by atoms with van der Waals surface area (Å²) in [6.07, 6.45) is 2.48. The lowest BCUT2D eigenvalue weighted by Gasteiger charge is -2.13. The molecule has 0 saturated carbocycles. The van der Waals surface area contributed by atoms with Crippen LogP contribution >= 0.6 is 0 Å². The fourth-order valence-corrected chi connectivity index (χ4v) is 2.67. The van der Waals surface area contributed by atoms with Crippen LogP contribution in [0.2, 0.25) is 0 Å². The molecule has 1 unspecified atom stereocenters. The van der Waals surface area contributed by atoms with Gasteiger partial charge in [-0.15, -0.1) is 0 Å². The minimum Gasteiger partial charge on any atom is -0.497 e. The molecule has 3 aromatic rings. The summed E-state index contributed by atoms with van der Waals surface area (Å²) >= 11 is 0. The van der Waals surface area contributed by atoms with Crippen molar-refractivity contribution in [1.82, 2.24) is 10.3 Å². The number of nitrogens with one attached hydrogen (secondary N) is 1. The van der Waals surface area contributed by atoms with Crippen LogP contribution < -0.4 is 10.1 Å². The van der Waals surface area contributed by atoms with Gasteiger partial charge < -0.3 is 14.5 Å². The zero-order valence-electron chi connectivity index (χ0n) is 14.9. The summed E-state index contributed by atoms with van der Waals surface area (Å²) < 4.78 is 10.9. The van der Waals surface area contributed by atoms with Crippen molar-refractivity contribution in [3.05, 3.63) is 72.2 Å². The number of nitrogens with zero attached hydrogens (tertiary/aromatic N) is 1. The molecule has 1 atom stereocenters.